The number of phenolic OH excluding ortho intramolecular Hbond substituents is 1. The molecule has 0 aromatic heterocycles. The van der Waals surface area contributed by atoms with Crippen LogP contribution in [0.2, 0.25) is 0 Å². The predicted molar refractivity (Wildman–Crippen MR) is 91.2 cm³/mol. The summed E-state index contributed by atoms with van der Waals surface area (Å²) in [7, 11) is -4.21. The molecule has 0 saturated heterocycles. The molecule has 3 rings (SSSR count). The van der Waals surface area contributed by atoms with Crippen LogP contribution in [0, 0.1) is 0 Å². The monoisotopic (exact) mass is 359 g/mol. The summed E-state index contributed by atoms with van der Waals surface area (Å²) in [5.41, 5.74) is 6.10. The van der Waals surface area contributed by atoms with Crippen LogP contribution >= 0.6 is 0 Å². The molecule has 7 nitrogen and oxygen atoms in total. The number of anilines is 1. The smallest absolute Gasteiger partial charge is 0.339 e. The van der Waals surface area contributed by atoms with Crippen molar-refractivity contribution in [3.05, 3.63) is 60.2 Å². The molecule has 0 heterocycles. The van der Waals surface area contributed by atoms with Crippen molar-refractivity contribution in [1.29, 1.82) is 0 Å². The summed E-state index contributed by atoms with van der Waals surface area (Å²) in [6, 6.07) is 12.1. The molecule has 0 saturated carbocycles. The lowest BCUT2D eigenvalue weighted by Crippen LogP contribution is -2.10. The van der Waals surface area contributed by atoms with Gasteiger partial charge < -0.3 is 20.1 Å². The molecular formula is C17H13NO6S. The fourth-order valence-electron chi connectivity index (χ4n) is 2.30. The molecule has 0 spiro atoms. The van der Waals surface area contributed by atoms with Crippen LogP contribution in [0.5, 0.6) is 11.5 Å². The number of carboxylic acid groups (broad SMARTS) is 1. The highest BCUT2D eigenvalue weighted by molar-refractivity contribution is 7.87. The van der Waals surface area contributed by atoms with Crippen molar-refractivity contribution in [1.82, 2.24) is 0 Å². The van der Waals surface area contributed by atoms with Crippen molar-refractivity contribution in [2.45, 2.75) is 4.90 Å². The van der Waals surface area contributed by atoms with Gasteiger partial charge in [-0.1, -0.05) is 6.07 Å². The Balaban J connectivity index is 1.98. The lowest BCUT2D eigenvalue weighted by Gasteiger charge is -2.10. The first-order valence-corrected chi connectivity index (χ1v) is 8.47. The Morgan fingerprint density at radius 1 is 1.00 bits per heavy atom. The Morgan fingerprint density at radius 3 is 2.32 bits per heavy atom. The third-order valence-corrected chi connectivity index (χ3v) is 4.75. The molecule has 0 radical (unpaired) electrons. The van der Waals surface area contributed by atoms with E-state index in [-0.39, 0.29) is 22.0 Å². The van der Waals surface area contributed by atoms with E-state index in [2.05, 4.69) is 0 Å². The van der Waals surface area contributed by atoms with Crippen LogP contribution < -0.4 is 9.92 Å². The fraction of sp³-hybridized carbons (Fsp3) is 0. The van der Waals surface area contributed by atoms with Crippen LogP contribution in [0.1, 0.15) is 10.4 Å². The Hall–Kier alpha value is -3.26. The molecule has 3 aromatic carbocycles. The van der Waals surface area contributed by atoms with Gasteiger partial charge in [0.15, 0.2) is 0 Å². The normalized spacial score (nSPS) is 11.4. The molecular weight excluding hydrogens is 346 g/mol. The number of phenols is 1. The molecule has 0 unspecified atom stereocenters. The van der Waals surface area contributed by atoms with Gasteiger partial charge in [0.1, 0.15) is 16.4 Å². The summed E-state index contributed by atoms with van der Waals surface area (Å²) >= 11 is 0. The number of aromatic carboxylic acids is 1. The standard InChI is InChI=1S/C17H13NO6S/c18-12-4-1-11-7-14(9-16(19)15(11)8-12)25(22,23)24-13-5-2-10(3-6-13)17(20)21/h1-9,19H,18H2,(H,20,21). The molecule has 0 amide bonds. The van der Waals surface area contributed by atoms with Gasteiger partial charge in [0.05, 0.1) is 5.56 Å². The van der Waals surface area contributed by atoms with Crippen molar-refractivity contribution >= 4 is 32.5 Å². The number of nitrogens with two attached hydrogens (primary N) is 1. The van der Waals surface area contributed by atoms with Crippen LogP contribution in [-0.4, -0.2) is 24.6 Å². The van der Waals surface area contributed by atoms with E-state index >= 15 is 0 Å². The van der Waals surface area contributed by atoms with Crippen molar-refractivity contribution in [2.24, 2.45) is 0 Å². The van der Waals surface area contributed by atoms with Crippen molar-refractivity contribution in [2.75, 3.05) is 5.73 Å². The lowest BCUT2D eigenvalue weighted by molar-refractivity contribution is 0.0697. The number of benzene rings is 3. The minimum absolute atomic E-state index is 0.00527. The molecule has 0 aliphatic heterocycles. The van der Waals surface area contributed by atoms with Gasteiger partial charge in [0.2, 0.25) is 0 Å². The minimum atomic E-state index is -4.21. The average Bonchev–Trinajstić information content (AvgIpc) is 2.55. The average molecular weight is 359 g/mol. The SMILES string of the molecule is Nc1ccc2cc(S(=O)(=O)Oc3ccc(C(=O)O)cc3)cc(O)c2c1. The number of hydrogen-bond donors (Lipinski definition) is 3. The molecule has 3 aromatic rings. The number of fused-ring (bicyclic) bond motifs is 1. The Kier molecular flexibility index (Phi) is 3.97. The van der Waals surface area contributed by atoms with Gasteiger partial charge in [-0.3, -0.25) is 0 Å². The summed E-state index contributed by atoms with van der Waals surface area (Å²) in [5, 5.41) is 19.8. The zero-order valence-corrected chi connectivity index (χ0v) is 13.5. The number of nitrogen functional groups attached to an aromatic ring is 1. The quantitative estimate of drug-likeness (QED) is 0.482. The van der Waals surface area contributed by atoms with E-state index in [1.54, 1.807) is 12.1 Å². The zero-order chi connectivity index (χ0) is 18.2. The molecule has 0 bridgehead atoms. The highest BCUT2D eigenvalue weighted by Gasteiger charge is 2.19. The largest absolute Gasteiger partial charge is 0.507 e. The van der Waals surface area contributed by atoms with Crippen molar-refractivity contribution in [3.8, 4) is 11.5 Å². The number of carbonyl (C=O) groups is 1. The summed E-state index contributed by atoms with van der Waals surface area (Å²) in [6.45, 7) is 0. The van der Waals surface area contributed by atoms with Gasteiger partial charge in [0.25, 0.3) is 0 Å². The molecule has 0 aliphatic carbocycles. The van der Waals surface area contributed by atoms with Crippen molar-refractivity contribution in [3.63, 3.8) is 0 Å². The Labute approximate surface area is 143 Å². The number of hydrogen-bond acceptors (Lipinski definition) is 6. The van der Waals surface area contributed by atoms with E-state index < -0.39 is 16.1 Å². The highest BCUT2D eigenvalue weighted by atomic mass is 32.2. The lowest BCUT2D eigenvalue weighted by atomic mass is 10.1. The van der Waals surface area contributed by atoms with Crippen LogP contribution in [0.15, 0.2) is 59.5 Å². The van der Waals surface area contributed by atoms with E-state index in [4.69, 9.17) is 15.0 Å². The summed E-state index contributed by atoms with van der Waals surface area (Å²) in [5.74, 6) is -1.41. The summed E-state index contributed by atoms with van der Waals surface area (Å²) in [6.07, 6.45) is 0. The summed E-state index contributed by atoms with van der Waals surface area (Å²) in [4.78, 5) is 10.6. The van der Waals surface area contributed by atoms with Gasteiger partial charge in [0, 0.05) is 17.1 Å². The second-order valence-electron chi connectivity index (χ2n) is 5.29. The topological polar surface area (TPSA) is 127 Å². The molecule has 128 valence electrons. The molecule has 0 fully saturated rings. The number of rotatable bonds is 4. The molecule has 0 atom stereocenters. The van der Waals surface area contributed by atoms with Gasteiger partial charge >= 0.3 is 16.1 Å². The van der Waals surface area contributed by atoms with Gasteiger partial charge in [-0.25, -0.2) is 4.79 Å². The first kappa shape index (κ1) is 16.6. The third kappa shape index (κ3) is 3.33. The third-order valence-electron chi connectivity index (χ3n) is 3.53. The highest BCUT2D eigenvalue weighted by Crippen LogP contribution is 2.31. The molecule has 4 N–H and O–H groups in total. The van der Waals surface area contributed by atoms with Crippen molar-refractivity contribution < 1.29 is 27.6 Å². The van der Waals surface area contributed by atoms with E-state index in [0.717, 1.165) is 6.07 Å². The first-order valence-electron chi connectivity index (χ1n) is 7.06. The van der Waals surface area contributed by atoms with Crippen LogP contribution in [0.4, 0.5) is 5.69 Å². The maximum atomic E-state index is 12.4. The molecule has 8 heteroatoms. The van der Waals surface area contributed by atoms with Gasteiger partial charge in [-0.2, -0.15) is 8.42 Å². The van der Waals surface area contributed by atoms with E-state index in [1.165, 1.54) is 36.4 Å². The van der Waals surface area contributed by atoms with Crippen LogP contribution in [-0.2, 0) is 10.1 Å². The van der Waals surface area contributed by atoms with Gasteiger partial charge in [-0.05, 0) is 47.9 Å². The first-order chi connectivity index (χ1) is 11.8. The fourth-order valence-corrected chi connectivity index (χ4v) is 3.29. The minimum Gasteiger partial charge on any atom is -0.507 e. The number of carboxylic acids is 1. The van der Waals surface area contributed by atoms with Crippen LogP contribution in [0.3, 0.4) is 0 Å². The number of aromatic hydroxyl groups is 1. The second kappa shape index (κ2) is 5.99. The summed E-state index contributed by atoms with van der Waals surface area (Å²) < 4.78 is 29.8. The maximum absolute atomic E-state index is 12.4. The molecule has 0 aliphatic rings. The second-order valence-corrected chi connectivity index (χ2v) is 6.84. The Morgan fingerprint density at radius 2 is 1.68 bits per heavy atom. The maximum Gasteiger partial charge on any atom is 0.339 e. The van der Waals surface area contributed by atoms with E-state index in [1.807, 2.05) is 0 Å². The zero-order valence-electron chi connectivity index (χ0n) is 12.7. The Bertz CT molecular complexity index is 1070. The van der Waals surface area contributed by atoms with Crippen LogP contribution in [0.25, 0.3) is 10.8 Å². The van der Waals surface area contributed by atoms with E-state index in [9.17, 15) is 18.3 Å². The molecule has 25 heavy (non-hydrogen) atoms. The predicted octanol–water partition coefficient (Wildman–Crippen LogP) is 2.59. The van der Waals surface area contributed by atoms with E-state index in [0.29, 0.717) is 16.5 Å². The van der Waals surface area contributed by atoms with Gasteiger partial charge in [-0.15, -0.1) is 0 Å².